The summed E-state index contributed by atoms with van der Waals surface area (Å²) in [5.41, 5.74) is 1.29. The van der Waals surface area contributed by atoms with E-state index in [-0.39, 0.29) is 12.4 Å². The fourth-order valence-corrected chi connectivity index (χ4v) is 2.04. The van der Waals surface area contributed by atoms with Crippen molar-refractivity contribution in [3.63, 3.8) is 0 Å². The van der Waals surface area contributed by atoms with Crippen molar-refractivity contribution in [2.45, 2.75) is 38.3 Å². The van der Waals surface area contributed by atoms with Crippen LogP contribution in [0.1, 0.15) is 37.3 Å². The van der Waals surface area contributed by atoms with E-state index in [2.05, 4.69) is 21.3 Å². The maximum absolute atomic E-state index is 4.39. The molecule has 1 aromatic heterocycles. The lowest BCUT2D eigenvalue weighted by atomic mass is 10.2. The Morgan fingerprint density at radius 3 is 2.86 bits per heavy atom. The van der Waals surface area contributed by atoms with Crippen LogP contribution in [0.25, 0.3) is 0 Å². The Hall–Kier alpha value is -0.540. The molecule has 0 radical (unpaired) electrons. The van der Waals surface area contributed by atoms with Crippen molar-refractivity contribution in [1.29, 1.82) is 0 Å². The molecule has 1 heterocycles. The zero-order valence-corrected chi connectivity index (χ0v) is 9.39. The summed E-state index contributed by atoms with van der Waals surface area (Å²) < 4.78 is 2.14. The van der Waals surface area contributed by atoms with Crippen molar-refractivity contribution in [2.24, 2.45) is 0 Å². The first-order valence-electron chi connectivity index (χ1n) is 5.08. The van der Waals surface area contributed by atoms with Gasteiger partial charge in [-0.3, -0.25) is 4.68 Å². The van der Waals surface area contributed by atoms with Crippen LogP contribution in [-0.4, -0.2) is 16.8 Å². The smallest absolute Gasteiger partial charge is 0.0534 e. The normalized spacial score (nSPS) is 16.9. The van der Waals surface area contributed by atoms with Crippen molar-refractivity contribution in [1.82, 2.24) is 15.1 Å². The molecule has 3 nitrogen and oxygen atoms in total. The fraction of sp³-hybridized carbons (Fsp3) is 0.700. The molecule has 0 bridgehead atoms. The first-order valence-corrected chi connectivity index (χ1v) is 5.08. The topological polar surface area (TPSA) is 29.9 Å². The lowest BCUT2D eigenvalue weighted by Crippen LogP contribution is -2.06. The molecule has 1 fully saturated rings. The van der Waals surface area contributed by atoms with Crippen LogP contribution in [0.4, 0.5) is 0 Å². The van der Waals surface area contributed by atoms with Gasteiger partial charge < -0.3 is 5.32 Å². The van der Waals surface area contributed by atoms with Crippen molar-refractivity contribution in [2.75, 3.05) is 7.05 Å². The van der Waals surface area contributed by atoms with E-state index in [1.165, 1.54) is 31.2 Å². The predicted octanol–water partition coefficient (Wildman–Crippen LogP) is 2.14. The molecule has 0 aromatic carbocycles. The number of aromatic nitrogens is 2. The van der Waals surface area contributed by atoms with Crippen molar-refractivity contribution in [3.05, 3.63) is 18.0 Å². The molecule has 1 saturated carbocycles. The highest BCUT2D eigenvalue weighted by Crippen LogP contribution is 2.28. The molecule has 1 aliphatic rings. The van der Waals surface area contributed by atoms with Gasteiger partial charge in [0.05, 0.1) is 12.2 Å². The van der Waals surface area contributed by atoms with E-state index in [9.17, 15) is 0 Å². The summed E-state index contributed by atoms with van der Waals surface area (Å²) in [6.07, 6.45) is 9.49. The summed E-state index contributed by atoms with van der Waals surface area (Å²) in [6, 6.07) is 0.672. The third-order valence-corrected chi connectivity index (χ3v) is 2.73. The van der Waals surface area contributed by atoms with Crippen LogP contribution in [0.5, 0.6) is 0 Å². The minimum absolute atomic E-state index is 0. The molecule has 80 valence electrons. The Kier molecular flexibility index (Phi) is 4.42. The standard InChI is InChI=1S/C10H17N3.ClH/c1-11-6-9-7-12-13(8-9)10-4-2-3-5-10;/h7-8,10-11H,2-6H2,1H3;1H. The summed E-state index contributed by atoms with van der Waals surface area (Å²) in [5.74, 6) is 0. The predicted molar refractivity (Wildman–Crippen MR) is 59.7 cm³/mol. The molecule has 0 spiro atoms. The SMILES string of the molecule is CNCc1cnn(C2CCCC2)c1.Cl. The van der Waals surface area contributed by atoms with Gasteiger partial charge in [0.25, 0.3) is 0 Å². The Bertz CT molecular complexity index is 266. The maximum atomic E-state index is 4.39. The van der Waals surface area contributed by atoms with Gasteiger partial charge in [-0.1, -0.05) is 12.8 Å². The van der Waals surface area contributed by atoms with Gasteiger partial charge in [0.15, 0.2) is 0 Å². The molecular formula is C10H18ClN3. The molecule has 14 heavy (non-hydrogen) atoms. The zero-order chi connectivity index (χ0) is 9.10. The van der Waals surface area contributed by atoms with Gasteiger partial charge in [-0.2, -0.15) is 5.10 Å². The van der Waals surface area contributed by atoms with Gasteiger partial charge in [-0.15, -0.1) is 12.4 Å². The average Bonchev–Trinajstić information content (AvgIpc) is 2.70. The number of hydrogen-bond donors (Lipinski definition) is 1. The molecule has 1 aliphatic carbocycles. The van der Waals surface area contributed by atoms with Crippen LogP contribution in [0.15, 0.2) is 12.4 Å². The second-order valence-corrected chi connectivity index (χ2v) is 3.80. The minimum Gasteiger partial charge on any atom is -0.316 e. The average molecular weight is 216 g/mol. The van der Waals surface area contributed by atoms with Crippen LogP contribution in [-0.2, 0) is 6.54 Å². The van der Waals surface area contributed by atoms with Gasteiger partial charge in [0.1, 0.15) is 0 Å². The molecule has 0 atom stereocenters. The molecule has 0 aliphatic heterocycles. The zero-order valence-electron chi connectivity index (χ0n) is 8.57. The van der Waals surface area contributed by atoms with Gasteiger partial charge >= 0.3 is 0 Å². The van der Waals surface area contributed by atoms with Gasteiger partial charge in [0, 0.05) is 18.3 Å². The largest absolute Gasteiger partial charge is 0.316 e. The second-order valence-electron chi connectivity index (χ2n) is 3.80. The number of nitrogens with zero attached hydrogens (tertiary/aromatic N) is 2. The van der Waals surface area contributed by atoms with Gasteiger partial charge in [-0.25, -0.2) is 0 Å². The molecule has 1 aromatic rings. The number of nitrogens with one attached hydrogen (secondary N) is 1. The summed E-state index contributed by atoms with van der Waals surface area (Å²) >= 11 is 0. The van der Waals surface area contributed by atoms with Crippen molar-refractivity contribution in [3.8, 4) is 0 Å². The van der Waals surface area contributed by atoms with Crippen LogP contribution in [0, 0.1) is 0 Å². The number of rotatable bonds is 3. The monoisotopic (exact) mass is 215 g/mol. The summed E-state index contributed by atoms with van der Waals surface area (Å²) in [4.78, 5) is 0. The van der Waals surface area contributed by atoms with Gasteiger partial charge in [-0.05, 0) is 19.9 Å². The minimum atomic E-state index is 0. The molecule has 0 unspecified atom stereocenters. The molecule has 0 amide bonds. The quantitative estimate of drug-likeness (QED) is 0.838. The Balaban J connectivity index is 0.000000980. The van der Waals surface area contributed by atoms with Crippen LogP contribution in [0.3, 0.4) is 0 Å². The van der Waals surface area contributed by atoms with E-state index >= 15 is 0 Å². The Morgan fingerprint density at radius 1 is 1.50 bits per heavy atom. The van der Waals surface area contributed by atoms with Gasteiger partial charge in [0.2, 0.25) is 0 Å². The van der Waals surface area contributed by atoms with Crippen LogP contribution < -0.4 is 5.32 Å². The highest BCUT2D eigenvalue weighted by Gasteiger charge is 2.17. The maximum Gasteiger partial charge on any atom is 0.0534 e. The molecule has 2 rings (SSSR count). The van der Waals surface area contributed by atoms with E-state index < -0.39 is 0 Å². The Morgan fingerprint density at radius 2 is 2.21 bits per heavy atom. The first kappa shape index (κ1) is 11.5. The fourth-order valence-electron chi connectivity index (χ4n) is 2.04. The van der Waals surface area contributed by atoms with E-state index in [1.54, 1.807) is 0 Å². The Labute approximate surface area is 91.3 Å². The summed E-state index contributed by atoms with van der Waals surface area (Å²) in [6.45, 7) is 0.923. The van der Waals surface area contributed by atoms with Crippen molar-refractivity contribution < 1.29 is 0 Å². The third-order valence-electron chi connectivity index (χ3n) is 2.73. The first-order chi connectivity index (χ1) is 6.40. The van der Waals surface area contributed by atoms with E-state index in [1.807, 2.05) is 13.2 Å². The second kappa shape index (κ2) is 5.37. The van der Waals surface area contributed by atoms with E-state index in [0.717, 1.165) is 6.54 Å². The highest BCUT2D eigenvalue weighted by atomic mass is 35.5. The third kappa shape index (κ3) is 2.49. The van der Waals surface area contributed by atoms with Crippen molar-refractivity contribution >= 4 is 12.4 Å². The molecule has 4 heteroatoms. The lowest BCUT2D eigenvalue weighted by Gasteiger charge is -2.08. The molecule has 0 saturated heterocycles. The summed E-state index contributed by atoms with van der Waals surface area (Å²) in [5, 5.41) is 7.53. The number of hydrogen-bond acceptors (Lipinski definition) is 2. The number of halogens is 1. The van der Waals surface area contributed by atoms with E-state index in [4.69, 9.17) is 0 Å². The summed E-state index contributed by atoms with van der Waals surface area (Å²) in [7, 11) is 1.97. The van der Waals surface area contributed by atoms with Crippen LogP contribution in [0.2, 0.25) is 0 Å². The lowest BCUT2D eigenvalue weighted by molar-refractivity contribution is 0.466. The van der Waals surface area contributed by atoms with E-state index in [0.29, 0.717) is 6.04 Å². The van der Waals surface area contributed by atoms with Crippen LogP contribution >= 0.6 is 12.4 Å². The molecule has 1 N–H and O–H groups in total. The molecular weight excluding hydrogens is 198 g/mol. The highest BCUT2D eigenvalue weighted by molar-refractivity contribution is 5.85.